The van der Waals surface area contributed by atoms with Crippen LogP contribution in [0, 0.1) is 0 Å². The zero-order valence-corrected chi connectivity index (χ0v) is 12.7. The van der Waals surface area contributed by atoms with Gasteiger partial charge in [0, 0.05) is 12.1 Å². The van der Waals surface area contributed by atoms with Gasteiger partial charge < -0.3 is 4.18 Å². The van der Waals surface area contributed by atoms with Crippen molar-refractivity contribution in [2.24, 2.45) is 0 Å². The number of hydrogen-bond acceptors (Lipinski definition) is 4. The molecule has 0 N–H and O–H groups in total. The van der Waals surface area contributed by atoms with E-state index < -0.39 is 27.4 Å². The third kappa shape index (κ3) is 4.04. The van der Waals surface area contributed by atoms with Gasteiger partial charge in [0.2, 0.25) is 5.88 Å². The molecule has 1 aromatic rings. The van der Waals surface area contributed by atoms with Gasteiger partial charge in [-0.25, -0.2) is 0 Å². The quantitative estimate of drug-likeness (QED) is 0.622. The van der Waals surface area contributed by atoms with Gasteiger partial charge in [0.1, 0.15) is 0 Å². The van der Waals surface area contributed by atoms with E-state index in [4.69, 9.17) is 0 Å². The molecule has 0 saturated carbocycles. The van der Waals surface area contributed by atoms with Gasteiger partial charge in [-0.2, -0.15) is 21.6 Å². The Morgan fingerprint density at radius 2 is 1.78 bits per heavy atom. The second-order valence-electron chi connectivity index (χ2n) is 4.84. The van der Waals surface area contributed by atoms with E-state index in [-0.39, 0.29) is 12.1 Å². The summed E-state index contributed by atoms with van der Waals surface area (Å²) < 4.78 is 64.1. The van der Waals surface area contributed by atoms with E-state index in [1.165, 1.54) is 18.2 Å². The fraction of sp³-hybridized carbons (Fsp3) is 0.357. The van der Waals surface area contributed by atoms with Crippen LogP contribution in [0.25, 0.3) is 0 Å². The lowest BCUT2D eigenvalue weighted by molar-refractivity contribution is -0.0535. The summed E-state index contributed by atoms with van der Waals surface area (Å²) in [5, 5.41) is 0. The first kappa shape index (κ1) is 17.3. The summed E-state index contributed by atoms with van der Waals surface area (Å²) in [5.41, 5.74) is -5.32. The molecule has 0 bridgehead atoms. The average molecular weight is 349 g/mol. The maximum atomic E-state index is 12.5. The van der Waals surface area contributed by atoms with Gasteiger partial charge in [-0.1, -0.05) is 18.2 Å². The molecule has 0 spiro atoms. The van der Waals surface area contributed by atoms with Crippen molar-refractivity contribution in [3.8, 4) is 0 Å². The van der Waals surface area contributed by atoms with Crippen LogP contribution in [0.15, 0.2) is 42.3 Å². The minimum atomic E-state index is -5.82. The third-order valence-electron chi connectivity index (χ3n) is 3.17. The molecule has 5 nitrogen and oxygen atoms in total. The molecule has 0 unspecified atom stereocenters. The van der Waals surface area contributed by atoms with Gasteiger partial charge >= 0.3 is 15.6 Å². The molecule has 1 amide bonds. The molecule has 2 rings (SSSR count). The lowest BCUT2D eigenvalue weighted by Gasteiger charge is -2.24. The zero-order valence-electron chi connectivity index (χ0n) is 11.9. The lowest BCUT2D eigenvalue weighted by Crippen LogP contribution is -2.35. The van der Waals surface area contributed by atoms with Crippen molar-refractivity contribution < 1.29 is 30.6 Å². The van der Waals surface area contributed by atoms with Crippen molar-refractivity contribution in [2.45, 2.75) is 24.8 Å². The normalized spacial score (nSPS) is 16.5. The van der Waals surface area contributed by atoms with Crippen LogP contribution in [-0.2, 0) is 14.3 Å². The molecule has 1 aromatic carbocycles. The largest absolute Gasteiger partial charge is 0.534 e. The van der Waals surface area contributed by atoms with Crippen molar-refractivity contribution in [1.29, 1.82) is 0 Å². The Hall–Kier alpha value is -2.03. The van der Waals surface area contributed by atoms with E-state index in [1.54, 1.807) is 18.2 Å². The molecule has 1 aliphatic heterocycles. The molecule has 0 aliphatic carbocycles. The summed E-state index contributed by atoms with van der Waals surface area (Å²) in [6.45, 7) is 0.0763. The Morgan fingerprint density at radius 3 is 2.39 bits per heavy atom. The number of alkyl halides is 3. The molecule has 0 aromatic heterocycles. The zero-order chi connectivity index (χ0) is 17.1. The predicted octanol–water partition coefficient (Wildman–Crippen LogP) is 3.02. The van der Waals surface area contributed by atoms with Gasteiger partial charge in [-0.3, -0.25) is 9.69 Å². The molecule has 1 heterocycles. The van der Waals surface area contributed by atoms with Crippen molar-refractivity contribution >= 4 is 16.0 Å². The Bertz CT molecular complexity index is 698. The maximum Gasteiger partial charge on any atom is 0.534 e. The Labute approximate surface area is 131 Å². The maximum absolute atomic E-state index is 12.5. The van der Waals surface area contributed by atoms with Crippen LogP contribution in [0.5, 0.6) is 0 Å². The Morgan fingerprint density at radius 1 is 1.13 bits per heavy atom. The third-order valence-corrected chi connectivity index (χ3v) is 4.12. The lowest BCUT2D eigenvalue weighted by atomic mass is 10.2. The number of nitrogens with zero attached hydrogens (tertiary/aromatic N) is 1. The number of hydrogen-bond donors (Lipinski definition) is 0. The summed E-state index contributed by atoms with van der Waals surface area (Å²) in [6.07, 6.45) is 2.64. The van der Waals surface area contributed by atoms with Crippen molar-refractivity contribution in [1.82, 2.24) is 4.90 Å². The van der Waals surface area contributed by atoms with E-state index in [9.17, 15) is 26.4 Å². The molecule has 0 saturated heterocycles. The fourth-order valence-electron chi connectivity index (χ4n) is 2.04. The summed E-state index contributed by atoms with van der Waals surface area (Å²) in [7, 11) is -5.82. The van der Waals surface area contributed by atoms with E-state index in [0.29, 0.717) is 19.3 Å². The first-order valence-corrected chi connectivity index (χ1v) is 8.21. The topological polar surface area (TPSA) is 63.7 Å². The highest BCUT2D eigenvalue weighted by Crippen LogP contribution is 2.29. The second kappa shape index (κ2) is 6.61. The van der Waals surface area contributed by atoms with Crippen molar-refractivity contribution in [2.75, 3.05) is 6.54 Å². The molecule has 9 heteroatoms. The van der Waals surface area contributed by atoms with Crippen LogP contribution < -0.4 is 0 Å². The molecular weight excluding hydrogens is 335 g/mol. The van der Waals surface area contributed by atoms with E-state index in [2.05, 4.69) is 4.18 Å². The standard InChI is InChI=1S/C14H14F3NO4S/c15-14(16,17)23(20,21)22-12-9-5-2-6-10-18(12)13(19)11-7-3-1-4-8-11/h1,3-4,7-9H,2,5-6,10H2. The van der Waals surface area contributed by atoms with Gasteiger partial charge in [0.25, 0.3) is 5.91 Å². The highest BCUT2D eigenvalue weighted by molar-refractivity contribution is 7.87. The van der Waals surface area contributed by atoms with E-state index >= 15 is 0 Å². The minimum Gasteiger partial charge on any atom is -0.357 e. The molecule has 126 valence electrons. The number of halogens is 3. The molecule has 0 radical (unpaired) electrons. The van der Waals surface area contributed by atoms with Gasteiger partial charge in [-0.05, 0) is 37.5 Å². The average Bonchev–Trinajstić information content (AvgIpc) is 2.71. The number of allylic oxidation sites excluding steroid dienone is 1. The monoisotopic (exact) mass is 349 g/mol. The van der Waals surface area contributed by atoms with Crippen LogP contribution in [0.2, 0.25) is 0 Å². The first-order chi connectivity index (χ1) is 10.7. The van der Waals surface area contributed by atoms with Gasteiger partial charge in [0.15, 0.2) is 0 Å². The molecule has 23 heavy (non-hydrogen) atoms. The van der Waals surface area contributed by atoms with E-state index in [0.717, 1.165) is 4.90 Å². The number of carbonyl (C=O) groups is 1. The highest BCUT2D eigenvalue weighted by Gasteiger charge is 2.49. The van der Waals surface area contributed by atoms with Crippen molar-refractivity contribution in [3.63, 3.8) is 0 Å². The molecule has 1 aliphatic rings. The van der Waals surface area contributed by atoms with Crippen molar-refractivity contribution in [3.05, 3.63) is 47.9 Å². The first-order valence-electron chi connectivity index (χ1n) is 6.80. The van der Waals surface area contributed by atoms with Crippen LogP contribution >= 0.6 is 0 Å². The highest BCUT2D eigenvalue weighted by atomic mass is 32.2. The smallest absolute Gasteiger partial charge is 0.357 e. The summed E-state index contributed by atoms with van der Waals surface area (Å²) in [5.74, 6) is -1.22. The SMILES string of the molecule is O=C(c1ccccc1)N1CCCCC=C1OS(=O)(=O)C(F)(F)F. The summed E-state index contributed by atoms with van der Waals surface area (Å²) in [4.78, 5) is 13.3. The van der Waals surface area contributed by atoms with Gasteiger partial charge in [0.05, 0.1) is 0 Å². The number of benzene rings is 1. The fourth-order valence-corrected chi connectivity index (χ4v) is 2.51. The Kier molecular flexibility index (Phi) is 4.98. The second-order valence-corrected chi connectivity index (χ2v) is 6.38. The summed E-state index contributed by atoms with van der Waals surface area (Å²) >= 11 is 0. The minimum absolute atomic E-state index is 0.0763. The number of amides is 1. The van der Waals surface area contributed by atoms with Crippen LogP contribution in [0.4, 0.5) is 13.2 Å². The summed E-state index contributed by atoms with van der Waals surface area (Å²) in [6, 6.07) is 7.86. The van der Waals surface area contributed by atoms with Crippen LogP contribution in [0.3, 0.4) is 0 Å². The van der Waals surface area contributed by atoms with E-state index in [1.807, 2.05) is 0 Å². The molecule has 0 fully saturated rings. The van der Waals surface area contributed by atoms with Crippen LogP contribution in [0.1, 0.15) is 29.6 Å². The molecular formula is C14H14F3NO4S. The number of rotatable bonds is 3. The molecule has 0 atom stereocenters. The number of carbonyl (C=O) groups excluding carboxylic acids is 1. The van der Waals surface area contributed by atoms with Gasteiger partial charge in [-0.15, -0.1) is 0 Å². The predicted molar refractivity (Wildman–Crippen MR) is 75.5 cm³/mol. The van der Waals surface area contributed by atoms with Crippen LogP contribution in [-0.4, -0.2) is 31.3 Å². The Balaban J connectivity index is 2.31.